The van der Waals surface area contributed by atoms with Crippen LogP contribution in [0.3, 0.4) is 0 Å². The Balaban J connectivity index is 0.00000144. The number of carbonyl (C=O) groups excluding carboxylic acids is 1. The molecule has 0 unspecified atom stereocenters. The van der Waals surface area contributed by atoms with Gasteiger partial charge in [-0.1, -0.05) is 6.92 Å². The number of likely N-dealkylation sites (tertiary alicyclic amines) is 1. The third-order valence-corrected chi connectivity index (χ3v) is 3.89. The van der Waals surface area contributed by atoms with Gasteiger partial charge in [0, 0.05) is 25.0 Å². The first-order chi connectivity index (χ1) is 7.70. The van der Waals surface area contributed by atoms with Gasteiger partial charge in [-0.15, -0.1) is 23.7 Å². The summed E-state index contributed by atoms with van der Waals surface area (Å²) in [6, 6.07) is 0. The van der Waals surface area contributed by atoms with Gasteiger partial charge in [0.1, 0.15) is 10.7 Å². The van der Waals surface area contributed by atoms with Crippen molar-refractivity contribution in [3.63, 3.8) is 0 Å². The molecule has 17 heavy (non-hydrogen) atoms. The van der Waals surface area contributed by atoms with Gasteiger partial charge in [0.25, 0.3) is 5.91 Å². The first-order valence-electron chi connectivity index (χ1n) is 5.64. The summed E-state index contributed by atoms with van der Waals surface area (Å²) in [7, 11) is 0. The average molecular weight is 276 g/mol. The van der Waals surface area contributed by atoms with E-state index in [9.17, 15) is 4.79 Å². The molecule has 1 amide bonds. The van der Waals surface area contributed by atoms with Crippen LogP contribution in [0.1, 0.15) is 35.3 Å². The molecule has 96 valence electrons. The van der Waals surface area contributed by atoms with E-state index < -0.39 is 0 Å². The van der Waals surface area contributed by atoms with Crippen LogP contribution in [0.4, 0.5) is 0 Å². The van der Waals surface area contributed by atoms with Crippen LogP contribution in [0.2, 0.25) is 0 Å². The Hall–Kier alpha value is -0.650. The number of aromatic nitrogens is 1. The van der Waals surface area contributed by atoms with Gasteiger partial charge in [0.2, 0.25) is 0 Å². The number of thiazole rings is 1. The van der Waals surface area contributed by atoms with E-state index >= 15 is 0 Å². The molecule has 0 saturated carbocycles. The number of carbonyl (C=O) groups is 1. The number of halogens is 1. The molecule has 0 atom stereocenters. The molecular weight excluding hydrogens is 258 g/mol. The first kappa shape index (κ1) is 14.4. The van der Waals surface area contributed by atoms with Crippen molar-refractivity contribution in [1.82, 2.24) is 9.88 Å². The van der Waals surface area contributed by atoms with E-state index in [0.717, 1.165) is 36.9 Å². The lowest BCUT2D eigenvalue weighted by atomic mass is 9.99. The fourth-order valence-corrected chi connectivity index (χ4v) is 2.53. The predicted octanol–water partition coefficient (Wildman–Crippen LogP) is 1.90. The van der Waals surface area contributed by atoms with Crippen molar-refractivity contribution < 1.29 is 4.79 Å². The Morgan fingerprint density at radius 1 is 1.59 bits per heavy atom. The van der Waals surface area contributed by atoms with Gasteiger partial charge in [0.15, 0.2) is 0 Å². The van der Waals surface area contributed by atoms with Crippen LogP contribution in [0, 0.1) is 5.92 Å². The number of nitrogens with two attached hydrogens (primary N) is 1. The van der Waals surface area contributed by atoms with Gasteiger partial charge in [0.05, 0.1) is 0 Å². The number of piperidine rings is 1. The third-order valence-electron chi connectivity index (χ3n) is 3.02. The summed E-state index contributed by atoms with van der Waals surface area (Å²) in [6.07, 6.45) is 2.19. The van der Waals surface area contributed by atoms with Crippen LogP contribution in [0.5, 0.6) is 0 Å². The monoisotopic (exact) mass is 275 g/mol. The Morgan fingerprint density at radius 3 is 2.76 bits per heavy atom. The lowest BCUT2D eigenvalue weighted by Crippen LogP contribution is -2.38. The maximum absolute atomic E-state index is 12.1. The Labute approximate surface area is 112 Å². The van der Waals surface area contributed by atoms with Crippen LogP contribution in [-0.4, -0.2) is 28.9 Å². The molecule has 1 aromatic rings. The zero-order chi connectivity index (χ0) is 11.5. The molecule has 1 saturated heterocycles. The molecule has 1 aliphatic rings. The zero-order valence-corrected chi connectivity index (χ0v) is 11.5. The quantitative estimate of drug-likeness (QED) is 0.897. The molecule has 0 bridgehead atoms. The summed E-state index contributed by atoms with van der Waals surface area (Å²) in [5.41, 5.74) is 6.04. The molecule has 1 aromatic heterocycles. The summed E-state index contributed by atoms with van der Waals surface area (Å²) >= 11 is 1.46. The summed E-state index contributed by atoms with van der Waals surface area (Å²) in [4.78, 5) is 18.2. The van der Waals surface area contributed by atoms with Gasteiger partial charge >= 0.3 is 0 Å². The number of rotatable bonds is 2. The molecule has 2 rings (SSSR count). The Morgan fingerprint density at radius 2 is 2.24 bits per heavy atom. The molecule has 1 fully saturated rings. The van der Waals surface area contributed by atoms with Crippen LogP contribution in [0.15, 0.2) is 5.38 Å². The highest BCUT2D eigenvalue weighted by Gasteiger charge is 2.22. The Kier molecular flexibility index (Phi) is 5.36. The number of hydrogen-bond donors (Lipinski definition) is 1. The maximum atomic E-state index is 12.1. The Bertz CT molecular complexity index is 375. The second-order valence-electron chi connectivity index (χ2n) is 4.31. The van der Waals surface area contributed by atoms with E-state index in [2.05, 4.69) is 11.9 Å². The van der Waals surface area contributed by atoms with Crippen molar-refractivity contribution in [2.75, 3.05) is 13.1 Å². The van der Waals surface area contributed by atoms with Gasteiger partial charge in [-0.2, -0.15) is 0 Å². The number of hydrogen-bond acceptors (Lipinski definition) is 4. The van der Waals surface area contributed by atoms with E-state index in [1.165, 1.54) is 11.3 Å². The van der Waals surface area contributed by atoms with Crippen molar-refractivity contribution in [3.05, 3.63) is 16.1 Å². The van der Waals surface area contributed by atoms with E-state index in [1.54, 1.807) is 0 Å². The van der Waals surface area contributed by atoms with E-state index in [1.807, 2.05) is 10.3 Å². The highest BCUT2D eigenvalue weighted by molar-refractivity contribution is 7.09. The highest BCUT2D eigenvalue weighted by atomic mass is 35.5. The third kappa shape index (κ3) is 3.40. The van der Waals surface area contributed by atoms with E-state index in [0.29, 0.717) is 12.2 Å². The van der Waals surface area contributed by atoms with Gasteiger partial charge < -0.3 is 10.6 Å². The predicted molar refractivity (Wildman–Crippen MR) is 71.6 cm³/mol. The molecule has 0 aliphatic carbocycles. The fourth-order valence-electron chi connectivity index (χ4n) is 1.88. The van der Waals surface area contributed by atoms with Crippen molar-refractivity contribution in [1.29, 1.82) is 0 Å². The molecule has 4 nitrogen and oxygen atoms in total. The van der Waals surface area contributed by atoms with E-state index in [-0.39, 0.29) is 18.3 Å². The van der Waals surface area contributed by atoms with Gasteiger partial charge in [-0.05, 0) is 18.8 Å². The van der Waals surface area contributed by atoms with Crippen LogP contribution >= 0.6 is 23.7 Å². The molecule has 6 heteroatoms. The van der Waals surface area contributed by atoms with Crippen LogP contribution < -0.4 is 5.73 Å². The molecule has 0 radical (unpaired) electrons. The number of amides is 1. The van der Waals surface area contributed by atoms with E-state index in [4.69, 9.17) is 5.73 Å². The minimum atomic E-state index is 0. The van der Waals surface area contributed by atoms with Crippen molar-refractivity contribution in [2.45, 2.75) is 26.3 Å². The molecular formula is C11H18ClN3OS. The van der Waals surface area contributed by atoms with Crippen molar-refractivity contribution >= 4 is 29.7 Å². The highest BCUT2D eigenvalue weighted by Crippen LogP contribution is 2.19. The fraction of sp³-hybridized carbons (Fsp3) is 0.636. The van der Waals surface area contributed by atoms with Gasteiger partial charge in [-0.3, -0.25) is 4.79 Å². The topological polar surface area (TPSA) is 59.2 Å². The standard InChI is InChI=1S/C11H17N3OS.ClH/c1-8-2-4-14(5-3-8)11(15)9-7-16-10(6-12)13-9;/h7-8H,2-6,12H2,1H3;1H. The zero-order valence-electron chi connectivity index (χ0n) is 9.89. The van der Waals surface area contributed by atoms with Crippen LogP contribution in [-0.2, 0) is 6.54 Å². The minimum absolute atomic E-state index is 0. The molecule has 0 spiro atoms. The second-order valence-corrected chi connectivity index (χ2v) is 5.25. The van der Waals surface area contributed by atoms with Crippen molar-refractivity contribution in [3.8, 4) is 0 Å². The SMILES string of the molecule is CC1CCN(C(=O)c2csc(CN)n2)CC1.Cl. The summed E-state index contributed by atoms with van der Waals surface area (Å²) in [6.45, 7) is 4.36. The number of nitrogens with zero attached hydrogens (tertiary/aromatic N) is 2. The molecule has 1 aliphatic heterocycles. The van der Waals surface area contributed by atoms with Crippen molar-refractivity contribution in [2.24, 2.45) is 11.7 Å². The lowest BCUT2D eigenvalue weighted by molar-refractivity contribution is 0.0692. The van der Waals surface area contributed by atoms with Gasteiger partial charge in [-0.25, -0.2) is 4.98 Å². The summed E-state index contributed by atoms with van der Waals surface area (Å²) in [5.74, 6) is 0.793. The molecule has 0 aromatic carbocycles. The normalized spacial score (nSPS) is 16.7. The molecule has 2 N–H and O–H groups in total. The summed E-state index contributed by atoms with van der Waals surface area (Å²) in [5, 5.41) is 2.64. The second kappa shape index (κ2) is 6.33. The summed E-state index contributed by atoms with van der Waals surface area (Å²) < 4.78 is 0. The smallest absolute Gasteiger partial charge is 0.273 e. The molecule has 2 heterocycles. The van der Waals surface area contributed by atoms with Crippen LogP contribution in [0.25, 0.3) is 0 Å². The first-order valence-corrected chi connectivity index (χ1v) is 6.52. The largest absolute Gasteiger partial charge is 0.337 e. The average Bonchev–Trinajstić information content (AvgIpc) is 2.77. The maximum Gasteiger partial charge on any atom is 0.273 e. The minimum Gasteiger partial charge on any atom is -0.337 e. The lowest BCUT2D eigenvalue weighted by Gasteiger charge is -2.29.